The molecular formula is C11H13FN4S. The minimum atomic E-state index is -0.314. The molecule has 0 radical (unpaired) electrons. The number of hydrogen-bond donors (Lipinski definition) is 1. The van der Waals surface area contributed by atoms with Crippen molar-refractivity contribution < 1.29 is 4.39 Å². The second-order valence-electron chi connectivity index (χ2n) is 3.61. The normalized spacial score (nSPS) is 12.6. The molecule has 90 valence electrons. The first-order valence-corrected chi connectivity index (χ1v) is 6.13. The molecule has 0 spiro atoms. The van der Waals surface area contributed by atoms with Gasteiger partial charge in [0.15, 0.2) is 0 Å². The van der Waals surface area contributed by atoms with Crippen LogP contribution in [0.1, 0.15) is 29.1 Å². The lowest BCUT2D eigenvalue weighted by atomic mass is 10.1. The first-order valence-electron chi connectivity index (χ1n) is 5.35. The van der Waals surface area contributed by atoms with Crippen LogP contribution in [0.15, 0.2) is 18.5 Å². The minimum Gasteiger partial charge on any atom is -0.306 e. The van der Waals surface area contributed by atoms with Crippen LogP contribution in [0.5, 0.6) is 0 Å². The number of halogens is 1. The van der Waals surface area contributed by atoms with Gasteiger partial charge in [-0.25, -0.2) is 4.39 Å². The van der Waals surface area contributed by atoms with Crippen molar-refractivity contribution >= 4 is 11.5 Å². The Hall–Kier alpha value is -1.40. The lowest BCUT2D eigenvalue weighted by molar-refractivity contribution is 0.557. The molecule has 17 heavy (non-hydrogen) atoms. The van der Waals surface area contributed by atoms with Crippen LogP contribution in [0.4, 0.5) is 4.39 Å². The molecule has 0 aromatic carbocycles. The molecule has 2 aromatic heterocycles. The summed E-state index contributed by atoms with van der Waals surface area (Å²) in [5, 5.41) is 7.21. The molecule has 4 nitrogen and oxygen atoms in total. The third-order valence-corrected chi connectivity index (χ3v) is 3.36. The van der Waals surface area contributed by atoms with Crippen molar-refractivity contribution in [3.05, 3.63) is 40.4 Å². The number of hydrogen-bond acceptors (Lipinski definition) is 5. The Morgan fingerprint density at radius 3 is 2.94 bits per heavy atom. The van der Waals surface area contributed by atoms with Gasteiger partial charge in [-0.1, -0.05) is 11.4 Å². The van der Waals surface area contributed by atoms with Gasteiger partial charge in [0.1, 0.15) is 5.82 Å². The Balaban J connectivity index is 2.43. The molecular weight excluding hydrogens is 239 g/mol. The van der Waals surface area contributed by atoms with E-state index in [0.29, 0.717) is 5.56 Å². The fraction of sp³-hybridized carbons (Fsp3) is 0.364. The molecule has 0 aliphatic heterocycles. The summed E-state index contributed by atoms with van der Waals surface area (Å²) in [6.45, 7) is 4.60. The van der Waals surface area contributed by atoms with Crippen LogP contribution in [-0.2, 0) is 0 Å². The van der Waals surface area contributed by atoms with E-state index < -0.39 is 0 Å². The van der Waals surface area contributed by atoms with E-state index in [1.165, 1.54) is 17.7 Å². The van der Waals surface area contributed by atoms with E-state index in [1.54, 1.807) is 12.3 Å². The highest BCUT2D eigenvalue weighted by Crippen LogP contribution is 2.27. The van der Waals surface area contributed by atoms with E-state index in [1.807, 2.05) is 13.8 Å². The van der Waals surface area contributed by atoms with Crippen LogP contribution in [-0.4, -0.2) is 21.1 Å². The highest BCUT2D eigenvalue weighted by Gasteiger charge is 2.21. The van der Waals surface area contributed by atoms with E-state index in [9.17, 15) is 4.39 Å². The molecule has 0 bridgehead atoms. The highest BCUT2D eigenvalue weighted by molar-refractivity contribution is 7.05. The van der Waals surface area contributed by atoms with Crippen molar-refractivity contribution in [2.75, 3.05) is 6.54 Å². The minimum absolute atomic E-state index is 0.206. The zero-order valence-corrected chi connectivity index (χ0v) is 10.5. The topological polar surface area (TPSA) is 50.7 Å². The van der Waals surface area contributed by atoms with Crippen molar-refractivity contribution in [2.24, 2.45) is 0 Å². The summed E-state index contributed by atoms with van der Waals surface area (Å²) in [6.07, 6.45) is 2.82. The zero-order valence-electron chi connectivity index (χ0n) is 9.64. The predicted molar refractivity (Wildman–Crippen MR) is 64.4 cm³/mol. The van der Waals surface area contributed by atoms with Gasteiger partial charge in [0.2, 0.25) is 0 Å². The standard InChI is InChI=1S/C11H13FN4S/c1-3-14-10(11-7(2)15-16-17-11)8-4-5-13-6-9(8)12/h4-6,10,14H,3H2,1-2H3. The van der Waals surface area contributed by atoms with Gasteiger partial charge in [-0.15, -0.1) is 5.10 Å². The largest absolute Gasteiger partial charge is 0.306 e. The maximum atomic E-state index is 13.7. The SMILES string of the molecule is CCNC(c1ccncc1F)c1snnc1C. The average Bonchev–Trinajstić information content (AvgIpc) is 2.74. The third kappa shape index (κ3) is 2.48. The van der Waals surface area contributed by atoms with Crippen LogP contribution in [0.25, 0.3) is 0 Å². The van der Waals surface area contributed by atoms with Gasteiger partial charge in [0, 0.05) is 11.8 Å². The lowest BCUT2D eigenvalue weighted by Crippen LogP contribution is -2.23. The van der Waals surface area contributed by atoms with Gasteiger partial charge >= 0.3 is 0 Å². The summed E-state index contributed by atoms with van der Waals surface area (Å²) < 4.78 is 17.6. The van der Waals surface area contributed by atoms with Gasteiger partial charge in [-0.05, 0) is 31.1 Å². The summed E-state index contributed by atoms with van der Waals surface area (Å²) >= 11 is 1.29. The molecule has 0 aliphatic carbocycles. The summed E-state index contributed by atoms with van der Waals surface area (Å²) in [5.74, 6) is -0.314. The van der Waals surface area contributed by atoms with Crippen molar-refractivity contribution in [1.82, 2.24) is 19.9 Å². The number of nitrogens with one attached hydrogen (secondary N) is 1. The van der Waals surface area contributed by atoms with Crippen molar-refractivity contribution in [3.8, 4) is 0 Å². The van der Waals surface area contributed by atoms with Crippen LogP contribution in [0.2, 0.25) is 0 Å². The first-order chi connectivity index (χ1) is 8.24. The smallest absolute Gasteiger partial charge is 0.146 e. The van der Waals surface area contributed by atoms with Gasteiger partial charge in [0.05, 0.1) is 22.8 Å². The third-order valence-electron chi connectivity index (χ3n) is 2.47. The van der Waals surface area contributed by atoms with Crippen LogP contribution < -0.4 is 5.32 Å². The monoisotopic (exact) mass is 252 g/mol. The highest BCUT2D eigenvalue weighted by atomic mass is 32.1. The molecule has 1 unspecified atom stereocenters. The number of nitrogens with zero attached hydrogens (tertiary/aromatic N) is 3. The molecule has 1 atom stereocenters. The predicted octanol–water partition coefficient (Wildman–Crippen LogP) is 2.08. The lowest BCUT2D eigenvalue weighted by Gasteiger charge is -2.17. The van der Waals surface area contributed by atoms with E-state index in [2.05, 4.69) is 19.9 Å². The first kappa shape index (κ1) is 12.1. The van der Waals surface area contributed by atoms with Gasteiger partial charge in [-0.2, -0.15) is 0 Å². The van der Waals surface area contributed by atoms with Crippen LogP contribution >= 0.6 is 11.5 Å². The van der Waals surface area contributed by atoms with Gasteiger partial charge < -0.3 is 5.32 Å². The second-order valence-corrected chi connectivity index (χ2v) is 4.40. The fourth-order valence-corrected chi connectivity index (χ4v) is 2.41. The Morgan fingerprint density at radius 1 is 1.53 bits per heavy atom. The van der Waals surface area contributed by atoms with Gasteiger partial charge in [-0.3, -0.25) is 4.98 Å². The quantitative estimate of drug-likeness (QED) is 0.905. The molecule has 2 aromatic rings. The van der Waals surface area contributed by atoms with E-state index in [0.717, 1.165) is 17.1 Å². The summed E-state index contributed by atoms with van der Waals surface area (Å²) in [5.41, 5.74) is 1.41. The second kappa shape index (κ2) is 5.29. The molecule has 2 heterocycles. The summed E-state index contributed by atoms with van der Waals surface area (Å²) in [4.78, 5) is 4.70. The Bertz CT molecular complexity index is 500. The summed E-state index contributed by atoms with van der Waals surface area (Å²) in [7, 11) is 0. The van der Waals surface area contributed by atoms with Crippen molar-refractivity contribution in [1.29, 1.82) is 0 Å². The van der Waals surface area contributed by atoms with Gasteiger partial charge in [0.25, 0.3) is 0 Å². The molecule has 2 rings (SSSR count). The maximum absolute atomic E-state index is 13.7. The Labute approximate surface area is 103 Å². The van der Waals surface area contributed by atoms with E-state index in [4.69, 9.17) is 0 Å². The molecule has 6 heteroatoms. The Kier molecular flexibility index (Phi) is 3.75. The molecule has 0 saturated carbocycles. The molecule has 1 N–H and O–H groups in total. The molecule has 0 saturated heterocycles. The number of rotatable bonds is 4. The van der Waals surface area contributed by atoms with Crippen LogP contribution in [0.3, 0.4) is 0 Å². The van der Waals surface area contributed by atoms with E-state index in [-0.39, 0.29) is 11.9 Å². The molecule has 0 amide bonds. The number of aromatic nitrogens is 3. The number of pyridine rings is 1. The van der Waals surface area contributed by atoms with Crippen molar-refractivity contribution in [2.45, 2.75) is 19.9 Å². The molecule has 0 fully saturated rings. The van der Waals surface area contributed by atoms with Crippen molar-refractivity contribution in [3.63, 3.8) is 0 Å². The van der Waals surface area contributed by atoms with Crippen LogP contribution in [0, 0.1) is 12.7 Å². The Morgan fingerprint density at radius 2 is 2.35 bits per heavy atom. The average molecular weight is 252 g/mol. The van der Waals surface area contributed by atoms with E-state index >= 15 is 0 Å². The summed E-state index contributed by atoms with van der Waals surface area (Å²) in [6, 6.07) is 1.48. The fourth-order valence-electron chi connectivity index (χ4n) is 1.67. The maximum Gasteiger partial charge on any atom is 0.146 e. The zero-order chi connectivity index (χ0) is 12.3. The molecule has 0 aliphatic rings. The number of aryl methyl sites for hydroxylation is 1.